The highest BCUT2D eigenvalue weighted by atomic mass is 79.9. The number of anilines is 1. The summed E-state index contributed by atoms with van der Waals surface area (Å²) in [4.78, 5) is 14.9. The molecule has 8 heteroatoms. The summed E-state index contributed by atoms with van der Waals surface area (Å²) in [5.41, 5.74) is 0.779. The maximum Gasteiger partial charge on any atom is 0.419 e. The Kier molecular flexibility index (Phi) is 4.73. The predicted octanol–water partition coefficient (Wildman–Crippen LogP) is 4.78. The third-order valence-electron chi connectivity index (χ3n) is 4.17. The highest BCUT2D eigenvalue weighted by molar-refractivity contribution is 9.10. The van der Waals surface area contributed by atoms with Crippen LogP contribution in [0.4, 0.5) is 19.0 Å². The number of benzene rings is 1. The van der Waals surface area contributed by atoms with Gasteiger partial charge < -0.3 is 10.1 Å². The number of aldehydes is 1. The largest absolute Gasteiger partial charge is 0.480 e. The summed E-state index contributed by atoms with van der Waals surface area (Å²) >= 11 is 3.47. The van der Waals surface area contributed by atoms with E-state index in [0.717, 1.165) is 28.1 Å². The number of nitrogens with zero attached hydrogens (tertiary/aromatic N) is 1. The van der Waals surface area contributed by atoms with Gasteiger partial charge in [0.1, 0.15) is 5.82 Å². The second-order valence-corrected chi connectivity index (χ2v) is 6.50. The fraction of sp³-hybridized carbons (Fsp3) is 0.294. The minimum atomic E-state index is -4.64. The third kappa shape index (κ3) is 3.35. The van der Waals surface area contributed by atoms with Gasteiger partial charge in [0.25, 0.3) is 0 Å². The van der Waals surface area contributed by atoms with Crippen LogP contribution in [0.25, 0.3) is 0 Å². The number of hydrogen-bond donors (Lipinski definition) is 1. The van der Waals surface area contributed by atoms with Crippen molar-refractivity contribution in [3.63, 3.8) is 0 Å². The van der Waals surface area contributed by atoms with Crippen molar-refractivity contribution in [2.24, 2.45) is 0 Å². The number of nitrogens with one attached hydrogen (secondary N) is 1. The standard InChI is InChI=1S/C17H14BrF3N2O2/c1-25-16-9(8-24)7-12(17(19,20)21)15(23-16)22-14-6-5-10-11(14)3-2-4-13(10)18/h2-4,7-8,14H,5-6H2,1H3,(H,22,23)/t14-/m0/s1. The summed E-state index contributed by atoms with van der Waals surface area (Å²) in [6, 6.07) is 6.10. The Labute approximate surface area is 150 Å². The molecule has 0 saturated carbocycles. The van der Waals surface area contributed by atoms with E-state index in [1.54, 1.807) is 0 Å². The number of aromatic nitrogens is 1. The van der Waals surface area contributed by atoms with Crippen molar-refractivity contribution in [2.75, 3.05) is 12.4 Å². The summed E-state index contributed by atoms with van der Waals surface area (Å²) in [5.74, 6) is -0.481. The lowest BCUT2D eigenvalue weighted by atomic mass is 10.1. The lowest BCUT2D eigenvalue weighted by Crippen LogP contribution is -2.16. The molecular weight excluding hydrogens is 401 g/mol. The average molecular weight is 415 g/mol. The Hall–Kier alpha value is -2.09. The molecule has 1 aliphatic rings. The van der Waals surface area contributed by atoms with Crippen molar-refractivity contribution in [3.05, 3.63) is 51.0 Å². The van der Waals surface area contributed by atoms with E-state index in [1.165, 1.54) is 7.11 Å². The van der Waals surface area contributed by atoms with Gasteiger partial charge in [-0.25, -0.2) is 0 Å². The lowest BCUT2D eigenvalue weighted by molar-refractivity contribution is -0.137. The Morgan fingerprint density at radius 1 is 1.40 bits per heavy atom. The zero-order valence-electron chi connectivity index (χ0n) is 13.2. The summed E-state index contributed by atoms with van der Waals surface area (Å²) in [5, 5.41) is 2.88. The SMILES string of the molecule is COc1nc(N[C@H]2CCc3c(Br)cccc32)c(C(F)(F)F)cc1C=O. The van der Waals surface area contributed by atoms with Crippen LogP contribution in [0.3, 0.4) is 0 Å². The van der Waals surface area contributed by atoms with Gasteiger partial charge in [0.2, 0.25) is 5.88 Å². The molecule has 25 heavy (non-hydrogen) atoms. The van der Waals surface area contributed by atoms with E-state index >= 15 is 0 Å². The van der Waals surface area contributed by atoms with E-state index in [1.807, 2.05) is 18.2 Å². The van der Waals surface area contributed by atoms with Gasteiger partial charge in [0.05, 0.1) is 24.3 Å². The molecular formula is C17H14BrF3N2O2. The van der Waals surface area contributed by atoms with E-state index < -0.39 is 11.7 Å². The molecule has 0 saturated heterocycles. The first-order valence-corrected chi connectivity index (χ1v) is 8.29. The minimum absolute atomic E-state index is 0.141. The summed E-state index contributed by atoms with van der Waals surface area (Å²) in [6.45, 7) is 0. The van der Waals surface area contributed by atoms with E-state index in [0.29, 0.717) is 12.7 Å². The molecule has 4 nitrogen and oxygen atoms in total. The van der Waals surface area contributed by atoms with Crippen LogP contribution in [0.5, 0.6) is 5.88 Å². The van der Waals surface area contributed by atoms with Crippen LogP contribution >= 0.6 is 15.9 Å². The third-order valence-corrected chi connectivity index (χ3v) is 4.91. The Bertz CT molecular complexity index is 824. The van der Waals surface area contributed by atoms with Crippen LogP contribution in [-0.2, 0) is 12.6 Å². The van der Waals surface area contributed by atoms with E-state index in [4.69, 9.17) is 4.74 Å². The van der Waals surface area contributed by atoms with Crippen LogP contribution in [0, 0.1) is 0 Å². The van der Waals surface area contributed by atoms with Gasteiger partial charge in [0.15, 0.2) is 6.29 Å². The molecule has 0 amide bonds. The molecule has 132 valence electrons. The Morgan fingerprint density at radius 3 is 2.80 bits per heavy atom. The second kappa shape index (κ2) is 6.67. The molecule has 1 heterocycles. The first-order chi connectivity index (χ1) is 11.8. The number of alkyl halides is 3. The quantitative estimate of drug-likeness (QED) is 0.731. The number of pyridine rings is 1. The molecule has 0 unspecified atom stereocenters. The van der Waals surface area contributed by atoms with Crippen molar-refractivity contribution in [2.45, 2.75) is 25.1 Å². The Balaban J connectivity index is 2.03. The summed E-state index contributed by atoms with van der Waals surface area (Å²) < 4.78 is 46.0. The van der Waals surface area contributed by atoms with Crippen LogP contribution in [-0.4, -0.2) is 18.4 Å². The molecule has 0 radical (unpaired) electrons. The number of carbonyl (C=O) groups excluding carboxylic acids is 1. The molecule has 1 aliphatic carbocycles. The monoisotopic (exact) mass is 414 g/mol. The van der Waals surface area contributed by atoms with Crippen molar-refractivity contribution >= 4 is 28.0 Å². The molecule has 1 aromatic heterocycles. The average Bonchev–Trinajstić information content (AvgIpc) is 2.98. The van der Waals surface area contributed by atoms with Crippen molar-refractivity contribution in [3.8, 4) is 5.88 Å². The fourth-order valence-corrected chi connectivity index (χ4v) is 3.59. The van der Waals surface area contributed by atoms with Gasteiger partial charge >= 0.3 is 6.18 Å². The molecule has 0 fully saturated rings. The van der Waals surface area contributed by atoms with Gasteiger partial charge in [-0.1, -0.05) is 28.1 Å². The zero-order chi connectivity index (χ0) is 18.2. The molecule has 3 rings (SSSR count). The van der Waals surface area contributed by atoms with E-state index in [9.17, 15) is 18.0 Å². The second-order valence-electron chi connectivity index (χ2n) is 5.64. The number of rotatable bonds is 4. The number of hydrogen-bond acceptors (Lipinski definition) is 4. The van der Waals surface area contributed by atoms with Gasteiger partial charge in [0, 0.05) is 4.47 Å². The van der Waals surface area contributed by atoms with Crippen molar-refractivity contribution in [1.29, 1.82) is 0 Å². The molecule has 0 bridgehead atoms. The van der Waals surface area contributed by atoms with Crippen LogP contribution < -0.4 is 10.1 Å². The fourth-order valence-electron chi connectivity index (χ4n) is 3.01. The molecule has 0 spiro atoms. The van der Waals surface area contributed by atoms with Crippen molar-refractivity contribution < 1.29 is 22.7 Å². The predicted molar refractivity (Wildman–Crippen MR) is 90.0 cm³/mol. The normalized spacial score (nSPS) is 16.4. The van der Waals surface area contributed by atoms with Crippen LogP contribution in [0.1, 0.15) is 39.5 Å². The van der Waals surface area contributed by atoms with Gasteiger partial charge in [-0.15, -0.1) is 0 Å². The molecule has 0 aliphatic heterocycles. The molecule has 1 N–H and O–H groups in total. The van der Waals surface area contributed by atoms with Crippen LogP contribution in [0.2, 0.25) is 0 Å². The number of carbonyl (C=O) groups is 1. The zero-order valence-corrected chi connectivity index (χ0v) is 14.7. The van der Waals surface area contributed by atoms with Gasteiger partial charge in [-0.2, -0.15) is 18.2 Å². The van der Waals surface area contributed by atoms with E-state index in [2.05, 4.69) is 26.2 Å². The summed E-state index contributed by atoms with van der Waals surface area (Å²) in [7, 11) is 1.26. The molecule has 2 aromatic rings. The summed E-state index contributed by atoms with van der Waals surface area (Å²) in [6.07, 6.45) is -2.95. The minimum Gasteiger partial charge on any atom is -0.480 e. The van der Waals surface area contributed by atoms with Gasteiger partial charge in [-0.3, -0.25) is 4.79 Å². The van der Waals surface area contributed by atoms with Crippen molar-refractivity contribution in [1.82, 2.24) is 4.98 Å². The molecule has 1 atom stereocenters. The number of ether oxygens (including phenoxy) is 1. The first-order valence-electron chi connectivity index (χ1n) is 7.50. The van der Waals surface area contributed by atoms with Gasteiger partial charge in [-0.05, 0) is 36.1 Å². The number of methoxy groups -OCH3 is 1. The highest BCUT2D eigenvalue weighted by Crippen LogP contribution is 2.41. The lowest BCUT2D eigenvalue weighted by Gasteiger charge is -2.20. The van der Waals surface area contributed by atoms with E-state index in [-0.39, 0.29) is 23.3 Å². The Morgan fingerprint density at radius 2 is 2.16 bits per heavy atom. The van der Waals surface area contributed by atoms with Crippen LogP contribution in [0.15, 0.2) is 28.7 Å². The maximum atomic E-state index is 13.4. The number of fused-ring (bicyclic) bond motifs is 1. The first kappa shape index (κ1) is 17.7. The molecule has 1 aromatic carbocycles. The smallest absolute Gasteiger partial charge is 0.419 e. The highest BCUT2D eigenvalue weighted by Gasteiger charge is 2.37. The number of halogens is 4. The maximum absolute atomic E-state index is 13.4. The topological polar surface area (TPSA) is 51.2 Å².